The Hall–Kier alpha value is -1.66. The van der Waals surface area contributed by atoms with Crippen LogP contribution in [-0.2, 0) is 0 Å². The Kier molecular flexibility index (Phi) is 3.35. The number of anilines is 1. The first-order valence-corrected chi connectivity index (χ1v) is 7.53. The first-order chi connectivity index (χ1) is 9.58. The Balaban J connectivity index is 2.04. The van der Waals surface area contributed by atoms with Gasteiger partial charge in [-0.3, -0.25) is 4.79 Å². The third-order valence-electron chi connectivity index (χ3n) is 3.63. The van der Waals surface area contributed by atoms with Gasteiger partial charge in [-0.15, -0.1) is 11.3 Å². The molecule has 1 aliphatic heterocycles. The molecule has 3 rings (SSSR count). The summed E-state index contributed by atoms with van der Waals surface area (Å²) in [6, 6.07) is 4.32. The van der Waals surface area contributed by atoms with E-state index in [1.807, 2.05) is 12.1 Å². The van der Waals surface area contributed by atoms with Crippen LogP contribution in [0.3, 0.4) is 0 Å². The Morgan fingerprint density at radius 3 is 2.95 bits per heavy atom. The molecule has 106 valence electrons. The second kappa shape index (κ2) is 5.03. The van der Waals surface area contributed by atoms with Crippen LogP contribution >= 0.6 is 11.3 Å². The van der Waals surface area contributed by atoms with E-state index in [9.17, 15) is 4.79 Å². The molecule has 0 bridgehead atoms. The normalized spacial score (nSPS) is 18.6. The standard InChI is InChI=1S/C14H18N4OS/c1-18(2)14(19)12-11(15)8-5-6-10(17-13(8)20-12)9-4-3-7-16-9/h5-6,9,16H,3-4,7,15H2,1-2H3. The fourth-order valence-corrected chi connectivity index (χ4v) is 3.63. The quantitative estimate of drug-likeness (QED) is 0.887. The van der Waals surface area contributed by atoms with Crippen LogP contribution in [0.1, 0.15) is 34.2 Å². The second-order valence-corrected chi connectivity index (χ2v) is 6.28. The number of aromatic nitrogens is 1. The Morgan fingerprint density at radius 2 is 2.30 bits per heavy atom. The number of nitrogens with zero attached hydrogens (tertiary/aromatic N) is 2. The summed E-state index contributed by atoms with van der Waals surface area (Å²) in [6.07, 6.45) is 2.30. The van der Waals surface area contributed by atoms with Crippen molar-refractivity contribution in [3.05, 3.63) is 22.7 Å². The van der Waals surface area contributed by atoms with Gasteiger partial charge in [-0.1, -0.05) is 0 Å². The third kappa shape index (κ3) is 2.14. The van der Waals surface area contributed by atoms with Crippen molar-refractivity contribution >= 4 is 33.1 Å². The highest BCUT2D eigenvalue weighted by molar-refractivity contribution is 7.21. The zero-order chi connectivity index (χ0) is 14.3. The van der Waals surface area contributed by atoms with Crippen molar-refractivity contribution in [1.29, 1.82) is 0 Å². The molecule has 1 unspecified atom stereocenters. The number of hydrogen-bond donors (Lipinski definition) is 2. The Morgan fingerprint density at radius 1 is 1.50 bits per heavy atom. The summed E-state index contributed by atoms with van der Waals surface area (Å²) >= 11 is 1.38. The van der Waals surface area contributed by atoms with Gasteiger partial charge in [0.05, 0.1) is 11.4 Å². The lowest BCUT2D eigenvalue weighted by Crippen LogP contribution is -2.21. The molecule has 0 saturated carbocycles. The number of rotatable bonds is 2. The number of amides is 1. The largest absolute Gasteiger partial charge is 0.397 e. The first-order valence-electron chi connectivity index (χ1n) is 6.72. The van der Waals surface area contributed by atoms with Gasteiger partial charge in [0, 0.05) is 25.5 Å². The molecule has 6 heteroatoms. The average molecular weight is 290 g/mol. The number of nitrogen functional groups attached to an aromatic ring is 1. The lowest BCUT2D eigenvalue weighted by molar-refractivity contribution is 0.0833. The van der Waals surface area contributed by atoms with E-state index >= 15 is 0 Å². The zero-order valence-electron chi connectivity index (χ0n) is 11.6. The van der Waals surface area contributed by atoms with E-state index < -0.39 is 0 Å². The number of fused-ring (bicyclic) bond motifs is 1. The highest BCUT2D eigenvalue weighted by Gasteiger charge is 2.21. The van der Waals surface area contributed by atoms with Gasteiger partial charge in [-0.05, 0) is 31.5 Å². The maximum atomic E-state index is 12.1. The van der Waals surface area contributed by atoms with Gasteiger partial charge in [0.1, 0.15) is 9.71 Å². The van der Waals surface area contributed by atoms with Crippen LogP contribution in [0.15, 0.2) is 12.1 Å². The van der Waals surface area contributed by atoms with E-state index in [0.717, 1.165) is 28.9 Å². The molecule has 1 amide bonds. The molecule has 0 radical (unpaired) electrons. The van der Waals surface area contributed by atoms with E-state index in [1.165, 1.54) is 17.8 Å². The van der Waals surface area contributed by atoms with Crippen molar-refractivity contribution in [2.24, 2.45) is 0 Å². The molecule has 1 fully saturated rings. The SMILES string of the molecule is CN(C)C(=O)c1sc2nc(C3CCCN3)ccc2c1N. The molecule has 0 aromatic carbocycles. The van der Waals surface area contributed by atoms with Crippen LogP contribution < -0.4 is 11.1 Å². The first kappa shape index (κ1) is 13.3. The molecule has 3 N–H and O–H groups in total. The highest BCUT2D eigenvalue weighted by Crippen LogP contribution is 2.34. The summed E-state index contributed by atoms with van der Waals surface area (Å²) < 4.78 is 0. The van der Waals surface area contributed by atoms with Gasteiger partial charge in [0.25, 0.3) is 5.91 Å². The fourth-order valence-electron chi connectivity index (χ4n) is 2.50. The van der Waals surface area contributed by atoms with E-state index in [4.69, 9.17) is 5.73 Å². The molecule has 2 aromatic rings. The van der Waals surface area contributed by atoms with Crippen LogP contribution in [-0.4, -0.2) is 36.4 Å². The van der Waals surface area contributed by atoms with Crippen molar-refractivity contribution < 1.29 is 4.79 Å². The minimum absolute atomic E-state index is 0.0639. The number of pyridine rings is 1. The summed E-state index contributed by atoms with van der Waals surface area (Å²) in [5.41, 5.74) is 7.67. The number of nitrogens with two attached hydrogens (primary N) is 1. The molecule has 20 heavy (non-hydrogen) atoms. The van der Waals surface area contributed by atoms with Crippen LogP contribution in [0.4, 0.5) is 5.69 Å². The van der Waals surface area contributed by atoms with Crippen LogP contribution in [0.25, 0.3) is 10.2 Å². The van der Waals surface area contributed by atoms with Crippen molar-refractivity contribution in [2.45, 2.75) is 18.9 Å². The summed E-state index contributed by atoms with van der Waals surface area (Å²) in [4.78, 5) is 19.7. The number of thiophene rings is 1. The van der Waals surface area contributed by atoms with Gasteiger partial charge < -0.3 is 16.0 Å². The van der Waals surface area contributed by atoms with E-state index in [1.54, 1.807) is 19.0 Å². The Bertz CT molecular complexity index is 658. The highest BCUT2D eigenvalue weighted by atomic mass is 32.1. The fraction of sp³-hybridized carbons (Fsp3) is 0.429. The van der Waals surface area contributed by atoms with Gasteiger partial charge in [0.2, 0.25) is 0 Å². The minimum atomic E-state index is -0.0639. The number of nitrogens with one attached hydrogen (secondary N) is 1. The van der Waals surface area contributed by atoms with Crippen molar-refractivity contribution in [2.75, 3.05) is 26.4 Å². The van der Waals surface area contributed by atoms with Crippen molar-refractivity contribution in [1.82, 2.24) is 15.2 Å². The zero-order valence-corrected chi connectivity index (χ0v) is 12.5. The lowest BCUT2D eigenvalue weighted by Gasteiger charge is -2.08. The van der Waals surface area contributed by atoms with Gasteiger partial charge >= 0.3 is 0 Å². The molecular weight excluding hydrogens is 272 g/mol. The molecule has 3 heterocycles. The summed E-state index contributed by atoms with van der Waals surface area (Å²) in [5, 5.41) is 4.31. The van der Waals surface area contributed by atoms with Crippen molar-refractivity contribution in [3.63, 3.8) is 0 Å². The number of carbonyl (C=O) groups excluding carboxylic acids is 1. The van der Waals surface area contributed by atoms with Crippen LogP contribution in [0, 0.1) is 0 Å². The van der Waals surface area contributed by atoms with Gasteiger partial charge in [0.15, 0.2) is 0 Å². The smallest absolute Gasteiger partial charge is 0.265 e. The molecule has 2 aromatic heterocycles. The number of hydrogen-bond acceptors (Lipinski definition) is 5. The van der Waals surface area contributed by atoms with Crippen molar-refractivity contribution in [3.8, 4) is 0 Å². The monoisotopic (exact) mass is 290 g/mol. The topological polar surface area (TPSA) is 71.2 Å². The van der Waals surface area contributed by atoms with Gasteiger partial charge in [-0.25, -0.2) is 4.98 Å². The molecule has 1 atom stereocenters. The summed E-state index contributed by atoms with van der Waals surface area (Å²) in [5.74, 6) is -0.0639. The average Bonchev–Trinajstić information content (AvgIpc) is 3.06. The predicted molar refractivity (Wildman–Crippen MR) is 82.0 cm³/mol. The van der Waals surface area contributed by atoms with E-state index in [-0.39, 0.29) is 5.91 Å². The lowest BCUT2D eigenvalue weighted by atomic mass is 10.1. The molecule has 0 spiro atoms. The maximum absolute atomic E-state index is 12.1. The summed E-state index contributed by atoms with van der Waals surface area (Å²) in [6.45, 7) is 1.04. The third-order valence-corrected chi connectivity index (χ3v) is 4.74. The maximum Gasteiger partial charge on any atom is 0.265 e. The van der Waals surface area contributed by atoms with Crippen LogP contribution in [0.5, 0.6) is 0 Å². The molecular formula is C14H18N4OS. The van der Waals surface area contributed by atoms with E-state index in [0.29, 0.717) is 16.6 Å². The Labute approximate surface area is 121 Å². The summed E-state index contributed by atoms with van der Waals surface area (Å²) in [7, 11) is 3.46. The van der Waals surface area contributed by atoms with Crippen LogP contribution in [0.2, 0.25) is 0 Å². The second-order valence-electron chi connectivity index (χ2n) is 5.28. The molecule has 0 aliphatic carbocycles. The molecule has 1 saturated heterocycles. The molecule has 1 aliphatic rings. The van der Waals surface area contributed by atoms with Gasteiger partial charge in [-0.2, -0.15) is 0 Å². The predicted octanol–water partition coefficient (Wildman–Crippen LogP) is 2.00. The minimum Gasteiger partial charge on any atom is -0.397 e. The van der Waals surface area contributed by atoms with E-state index in [2.05, 4.69) is 10.3 Å². The molecule has 5 nitrogen and oxygen atoms in total. The number of carbonyl (C=O) groups is 1.